The van der Waals surface area contributed by atoms with Crippen LogP contribution in [-0.4, -0.2) is 59.4 Å². The number of hydrogen-bond donors (Lipinski definition) is 1. The summed E-state index contributed by atoms with van der Waals surface area (Å²) in [5.41, 5.74) is 0.707. The monoisotopic (exact) mass is 390 g/mol. The second-order valence-corrected chi connectivity index (χ2v) is 8.82. The zero-order valence-corrected chi connectivity index (χ0v) is 17.1. The summed E-state index contributed by atoms with van der Waals surface area (Å²) in [5, 5.41) is 3.14. The second kappa shape index (κ2) is 9.11. The average Bonchev–Trinajstić information content (AvgIpc) is 3.17. The first-order valence-electron chi connectivity index (χ1n) is 9.88. The van der Waals surface area contributed by atoms with Crippen molar-refractivity contribution in [2.45, 2.75) is 51.2 Å². The number of rotatable bonds is 7. The summed E-state index contributed by atoms with van der Waals surface area (Å²) in [4.78, 5) is 26.7. The molecule has 1 aliphatic carbocycles. The summed E-state index contributed by atoms with van der Waals surface area (Å²) in [6.45, 7) is 6.20. The average molecular weight is 391 g/mol. The van der Waals surface area contributed by atoms with Gasteiger partial charge in [0.2, 0.25) is 0 Å². The van der Waals surface area contributed by atoms with E-state index in [2.05, 4.69) is 10.2 Å². The Hall–Kier alpha value is -1.53. The molecule has 1 saturated carbocycles. The number of hydrogen-bond acceptors (Lipinski definition) is 5. The van der Waals surface area contributed by atoms with Gasteiger partial charge >= 0.3 is 0 Å². The summed E-state index contributed by atoms with van der Waals surface area (Å²) in [6, 6.07) is 7.00. The minimum Gasteiger partial charge on any atom is -0.481 e. The van der Waals surface area contributed by atoms with Gasteiger partial charge in [-0.25, -0.2) is 0 Å². The van der Waals surface area contributed by atoms with E-state index in [1.807, 2.05) is 11.8 Å². The van der Waals surface area contributed by atoms with E-state index in [1.54, 1.807) is 31.2 Å². The maximum Gasteiger partial charge on any atom is 0.260 e. The van der Waals surface area contributed by atoms with Crippen LogP contribution in [0.5, 0.6) is 5.75 Å². The number of Topliss-reactive ketones (excluding diaryl/α,β-unsaturated/α-hetero) is 1. The number of benzene rings is 1. The SMILES string of the molecule is CC(=O)c1cccc(OC(C)C(=O)NCC2(N3CCSCC3)CCCC2)c1. The van der Waals surface area contributed by atoms with Crippen molar-refractivity contribution in [3.05, 3.63) is 29.8 Å². The second-order valence-electron chi connectivity index (χ2n) is 7.59. The Morgan fingerprint density at radius 3 is 2.63 bits per heavy atom. The Kier molecular flexibility index (Phi) is 6.82. The highest BCUT2D eigenvalue weighted by Gasteiger charge is 2.40. The molecule has 1 amide bonds. The molecular formula is C21H30N2O3S. The van der Waals surface area contributed by atoms with Crippen molar-refractivity contribution in [2.75, 3.05) is 31.1 Å². The lowest BCUT2D eigenvalue weighted by Crippen LogP contribution is -2.57. The van der Waals surface area contributed by atoms with Crippen LogP contribution in [0.25, 0.3) is 0 Å². The van der Waals surface area contributed by atoms with Gasteiger partial charge in [-0.2, -0.15) is 11.8 Å². The van der Waals surface area contributed by atoms with E-state index in [-0.39, 0.29) is 17.2 Å². The molecule has 1 unspecified atom stereocenters. The molecule has 6 heteroatoms. The van der Waals surface area contributed by atoms with Crippen LogP contribution in [0.2, 0.25) is 0 Å². The third kappa shape index (κ3) is 5.05. The van der Waals surface area contributed by atoms with Gasteiger partial charge in [0, 0.05) is 42.2 Å². The van der Waals surface area contributed by atoms with Gasteiger partial charge in [0.25, 0.3) is 5.91 Å². The predicted molar refractivity (Wildman–Crippen MR) is 110 cm³/mol. The van der Waals surface area contributed by atoms with Crippen LogP contribution in [0.1, 0.15) is 49.9 Å². The quantitative estimate of drug-likeness (QED) is 0.725. The Morgan fingerprint density at radius 1 is 1.26 bits per heavy atom. The predicted octanol–water partition coefficient (Wildman–Crippen LogP) is 3.13. The third-order valence-electron chi connectivity index (χ3n) is 5.73. The number of amides is 1. The Labute approximate surface area is 166 Å². The molecule has 3 rings (SSSR count). The molecule has 5 nitrogen and oxygen atoms in total. The summed E-state index contributed by atoms with van der Waals surface area (Å²) < 4.78 is 5.78. The fourth-order valence-electron chi connectivity index (χ4n) is 4.12. The molecule has 0 bridgehead atoms. The lowest BCUT2D eigenvalue weighted by Gasteiger charge is -2.43. The molecule has 1 atom stereocenters. The normalized spacial score (nSPS) is 20.8. The molecular weight excluding hydrogens is 360 g/mol. The minimum atomic E-state index is -0.595. The summed E-state index contributed by atoms with van der Waals surface area (Å²) in [5.74, 6) is 2.80. The fourth-order valence-corrected chi connectivity index (χ4v) is 5.02. The minimum absolute atomic E-state index is 0.0135. The molecule has 1 aromatic carbocycles. The number of thioether (sulfide) groups is 1. The van der Waals surface area contributed by atoms with E-state index in [1.165, 1.54) is 31.3 Å². The first-order valence-corrected chi connectivity index (χ1v) is 11.0. The van der Waals surface area contributed by atoms with Gasteiger partial charge in [0.05, 0.1) is 0 Å². The van der Waals surface area contributed by atoms with Crippen LogP contribution in [-0.2, 0) is 4.79 Å². The van der Waals surface area contributed by atoms with Crippen molar-refractivity contribution >= 4 is 23.5 Å². The zero-order chi connectivity index (χ0) is 19.3. The molecule has 148 valence electrons. The van der Waals surface area contributed by atoms with Crippen LogP contribution in [0.15, 0.2) is 24.3 Å². The molecule has 0 spiro atoms. The molecule has 2 fully saturated rings. The van der Waals surface area contributed by atoms with Gasteiger partial charge in [-0.3, -0.25) is 14.5 Å². The highest BCUT2D eigenvalue weighted by atomic mass is 32.2. The molecule has 2 aliphatic rings. The number of ether oxygens (including phenoxy) is 1. The highest BCUT2D eigenvalue weighted by Crippen LogP contribution is 2.36. The van der Waals surface area contributed by atoms with E-state index in [4.69, 9.17) is 4.74 Å². The van der Waals surface area contributed by atoms with Crippen LogP contribution in [0.4, 0.5) is 0 Å². The van der Waals surface area contributed by atoms with Gasteiger partial charge in [-0.1, -0.05) is 25.0 Å². The molecule has 1 aliphatic heterocycles. The summed E-state index contributed by atoms with van der Waals surface area (Å²) >= 11 is 2.02. The lowest BCUT2D eigenvalue weighted by molar-refractivity contribution is -0.128. The summed E-state index contributed by atoms with van der Waals surface area (Å²) in [7, 11) is 0. The van der Waals surface area contributed by atoms with Gasteiger partial charge < -0.3 is 10.1 Å². The number of nitrogens with zero attached hydrogens (tertiary/aromatic N) is 1. The maximum atomic E-state index is 12.6. The molecule has 1 aromatic rings. The van der Waals surface area contributed by atoms with Crippen molar-refractivity contribution in [1.82, 2.24) is 10.2 Å². The van der Waals surface area contributed by atoms with E-state index >= 15 is 0 Å². The van der Waals surface area contributed by atoms with E-state index in [0.29, 0.717) is 17.9 Å². The maximum absolute atomic E-state index is 12.6. The van der Waals surface area contributed by atoms with Crippen LogP contribution < -0.4 is 10.1 Å². The van der Waals surface area contributed by atoms with Crippen molar-refractivity contribution in [3.63, 3.8) is 0 Å². The summed E-state index contributed by atoms with van der Waals surface area (Å²) in [6.07, 6.45) is 4.21. The lowest BCUT2D eigenvalue weighted by atomic mass is 9.94. The Morgan fingerprint density at radius 2 is 1.96 bits per heavy atom. The molecule has 0 radical (unpaired) electrons. The molecule has 0 aromatic heterocycles. The first kappa shape index (κ1) is 20.2. The topological polar surface area (TPSA) is 58.6 Å². The highest BCUT2D eigenvalue weighted by molar-refractivity contribution is 7.99. The van der Waals surface area contributed by atoms with E-state index in [9.17, 15) is 9.59 Å². The van der Waals surface area contributed by atoms with Gasteiger partial charge in [0.15, 0.2) is 11.9 Å². The number of carbonyl (C=O) groups is 2. The molecule has 1 saturated heterocycles. The van der Waals surface area contributed by atoms with Crippen LogP contribution >= 0.6 is 11.8 Å². The standard InChI is InChI=1S/C21H30N2O3S/c1-16(24)18-6-5-7-19(14-18)26-17(2)20(25)22-15-21(8-3-4-9-21)23-10-12-27-13-11-23/h5-7,14,17H,3-4,8-13,15H2,1-2H3,(H,22,25). The molecule has 27 heavy (non-hydrogen) atoms. The van der Waals surface area contributed by atoms with Crippen LogP contribution in [0.3, 0.4) is 0 Å². The Bertz CT molecular complexity index is 667. The number of nitrogens with one attached hydrogen (secondary N) is 1. The van der Waals surface area contributed by atoms with Gasteiger partial charge in [-0.05, 0) is 38.8 Å². The molecule has 1 N–H and O–H groups in total. The van der Waals surface area contributed by atoms with E-state index in [0.717, 1.165) is 25.9 Å². The fraction of sp³-hybridized carbons (Fsp3) is 0.619. The number of ketones is 1. The third-order valence-corrected chi connectivity index (χ3v) is 6.67. The first-order chi connectivity index (χ1) is 13.0. The van der Waals surface area contributed by atoms with E-state index < -0.39 is 6.10 Å². The van der Waals surface area contributed by atoms with Gasteiger partial charge in [-0.15, -0.1) is 0 Å². The molecule has 1 heterocycles. The van der Waals surface area contributed by atoms with Gasteiger partial charge in [0.1, 0.15) is 5.75 Å². The van der Waals surface area contributed by atoms with Crippen molar-refractivity contribution < 1.29 is 14.3 Å². The number of carbonyl (C=O) groups excluding carboxylic acids is 2. The van der Waals surface area contributed by atoms with Crippen molar-refractivity contribution in [1.29, 1.82) is 0 Å². The largest absolute Gasteiger partial charge is 0.481 e. The Balaban J connectivity index is 1.57. The zero-order valence-electron chi connectivity index (χ0n) is 16.3. The van der Waals surface area contributed by atoms with Crippen LogP contribution in [0, 0.1) is 0 Å². The van der Waals surface area contributed by atoms with Crippen molar-refractivity contribution in [2.24, 2.45) is 0 Å². The smallest absolute Gasteiger partial charge is 0.260 e. The van der Waals surface area contributed by atoms with Crippen molar-refractivity contribution in [3.8, 4) is 5.75 Å².